The third-order valence-corrected chi connectivity index (χ3v) is 16.8. The molecule has 0 bridgehead atoms. The molecule has 17 heteroatoms. The summed E-state index contributed by atoms with van der Waals surface area (Å²) in [5, 5.41) is 18.9. The van der Waals surface area contributed by atoms with Crippen molar-refractivity contribution in [1.82, 2.24) is 24.8 Å². The lowest BCUT2D eigenvalue weighted by molar-refractivity contribution is -0.929. The number of aromatic nitrogens is 3. The Balaban J connectivity index is 0.884. The highest BCUT2D eigenvalue weighted by molar-refractivity contribution is 8.77. The van der Waals surface area contributed by atoms with E-state index in [0.29, 0.717) is 48.0 Å². The molecule has 0 radical (unpaired) electrons. The second-order valence-corrected chi connectivity index (χ2v) is 21.9. The van der Waals surface area contributed by atoms with Crippen LogP contribution in [0.25, 0.3) is 22.3 Å². The van der Waals surface area contributed by atoms with Gasteiger partial charge in [-0.25, -0.2) is 19.2 Å². The maximum absolute atomic E-state index is 15.2. The zero-order valence-electron chi connectivity index (χ0n) is 39.1. The van der Waals surface area contributed by atoms with Gasteiger partial charge in [0, 0.05) is 83.7 Å². The summed E-state index contributed by atoms with van der Waals surface area (Å²) in [5.41, 5.74) is 3.17. The van der Waals surface area contributed by atoms with Crippen LogP contribution in [0, 0.1) is 5.82 Å². The molecule has 1 fully saturated rings. The van der Waals surface area contributed by atoms with Gasteiger partial charge in [-0.05, 0) is 86.4 Å². The van der Waals surface area contributed by atoms with E-state index in [1.54, 1.807) is 58.3 Å². The highest BCUT2D eigenvalue weighted by Gasteiger charge is 2.46. The van der Waals surface area contributed by atoms with Crippen LogP contribution in [0.15, 0.2) is 76.7 Å². The van der Waals surface area contributed by atoms with Crippen LogP contribution in [0.4, 0.5) is 10.1 Å². The molecule has 0 spiro atoms. The van der Waals surface area contributed by atoms with Crippen LogP contribution in [0.3, 0.4) is 0 Å². The SMILES string of the molecule is CC[C@@]1(O)C(=O)OCc2c1cc1n(c2=O)Cc2c-1nc1cc(F)c(OC)cc1c2CN1CCC([N+](C)(C)Cc2ccc(NC(=O)[C@H](C)NC(=O)CCC(C)(C)SSc3ccccn3)cc2)CC1. The average molecular weight is 953 g/mol. The van der Waals surface area contributed by atoms with Gasteiger partial charge in [0.25, 0.3) is 5.56 Å². The van der Waals surface area contributed by atoms with E-state index in [9.17, 15) is 24.3 Å². The number of amides is 2. The predicted octanol–water partition coefficient (Wildman–Crippen LogP) is 7.31. The van der Waals surface area contributed by atoms with E-state index in [1.165, 1.54) is 13.2 Å². The largest absolute Gasteiger partial charge is 0.494 e. The van der Waals surface area contributed by atoms with Crippen molar-refractivity contribution in [2.24, 2.45) is 0 Å². The number of piperidine rings is 1. The summed E-state index contributed by atoms with van der Waals surface area (Å²) in [4.78, 5) is 64.3. The summed E-state index contributed by atoms with van der Waals surface area (Å²) in [7, 11) is 9.19. The first-order chi connectivity index (χ1) is 31.9. The van der Waals surface area contributed by atoms with Gasteiger partial charge in [-0.1, -0.05) is 35.9 Å². The molecule has 354 valence electrons. The fourth-order valence-corrected chi connectivity index (χ4v) is 11.6. The molecule has 8 rings (SSSR count). The number of nitrogens with zero attached hydrogens (tertiary/aromatic N) is 5. The zero-order chi connectivity index (χ0) is 47.8. The Bertz CT molecular complexity index is 2760. The van der Waals surface area contributed by atoms with Crippen LogP contribution in [0.2, 0.25) is 0 Å². The number of carbonyl (C=O) groups excluding carboxylic acids is 3. The van der Waals surface area contributed by atoms with Crippen molar-refractivity contribution in [3.63, 3.8) is 0 Å². The van der Waals surface area contributed by atoms with Gasteiger partial charge < -0.3 is 34.3 Å². The van der Waals surface area contributed by atoms with E-state index in [1.807, 2.05) is 42.5 Å². The molecule has 1 saturated heterocycles. The Labute approximate surface area is 398 Å². The van der Waals surface area contributed by atoms with Crippen molar-refractivity contribution >= 4 is 56.0 Å². The molecule has 5 aromatic rings. The molecule has 3 aliphatic heterocycles. The van der Waals surface area contributed by atoms with Crippen LogP contribution in [-0.2, 0) is 51.0 Å². The van der Waals surface area contributed by atoms with Gasteiger partial charge in [-0.15, -0.1) is 0 Å². The number of rotatable bonds is 16. The van der Waals surface area contributed by atoms with Gasteiger partial charge in [0.05, 0.1) is 56.3 Å². The molecule has 0 unspecified atom stereocenters. The minimum absolute atomic E-state index is 0.0320. The highest BCUT2D eigenvalue weighted by atomic mass is 33.1. The second-order valence-electron chi connectivity index (χ2n) is 19.0. The first-order valence-corrected chi connectivity index (χ1v) is 24.9. The first-order valence-electron chi connectivity index (χ1n) is 22.8. The Morgan fingerprint density at radius 1 is 1.09 bits per heavy atom. The molecule has 2 amide bonds. The van der Waals surface area contributed by atoms with E-state index in [4.69, 9.17) is 14.5 Å². The third kappa shape index (κ3) is 10.1. The molecule has 6 heterocycles. The van der Waals surface area contributed by atoms with E-state index < -0.39 is 23.4 Å². The average Bonchev–Trinajstić information content (AvgIpc) is 3.68. The molecule has 14 nitrogen and oxygen atoms in total. The van der Waals surface area contributed by atoms with Gasteiger partial charge in [0.15, 0.2) is 17.2 Å². The molecule has 3 N–H and O–H groups in total. The second kappa shape index (κ2) is 19.3. The van der Waals surface area contributed by atoms with Gasteiger partial charge in [0.1, 0.15) is 24.2 Å². The van der Waals surface area contributed by atoms with E-state index in [-0.39, 0.29) is 58.6 Å². The highest BCUT2D eigenvalue weighted by Crippen LogP contribution is 2.43. The summed E-state index contributed by atoms with van der Waals surface area (Å²) >= 11 is 0. The zero-order valence-corrected chi connectivity index (χ0v) is 40.7. The normalized spacial score (nSPS) is 17.9. The number of nitrogens with one attached hydrogen (secondary N) is 2. The molecule has 2 atom stereocenters. The Hall–Kier alpha value is -5.33. The van der Waals surface area contributed by atoms with Crippen molar-refractivity contribution in [3.8, 4) is 17.1 Å². The molecule has 2 aromatic carbocycles. The number of aliphatic hydroxyl groups is 1. The van der Waals surface area contributed by atoms with E-state index in [0.717, 1.165) is 64.1 Å². The van der Waals surface area contributed by atoms with Gasteiger partial charge in [-0.3, -0.25) is 19.3 Å². The molecule has 0 aliphatic carbocycles. The number of pyridine rings is 3. The Morgan fingerprint density at radius 2 is 1.84 bits per heavy atom. The van der Waals surface area contributed by atoms with Crippen molar-refractivity contribution in [3.05, 3.63) is 111 Å². The maximum atomic E-state index is 15.2. The predicted molar refractivity (Wildman–Crippen MR) is 259 cm³/mol. The number of benzene rings is 2. The standard InChI is InChI=1S/C50H58FN7O7S2/c1-8-50(63)38-24-41-45-36(27-57(41)47(61)37(38)29-65-48(50)62)35(34-23-42(64-7)39(51)25-40(34)55-45)26-56-21-17-33(18-22-56)58(5,6)28-31-12-14-32(15-13-31)54-46(60)30(2)53-43(59)16-19-49(3,4)67-66-44-11-9-10-20-52-44/h9-15,20,23-25,30,33,63H,8,16-19,21-22,26-29H2,1-7H3,(H-,53,54,59,60)/p+1/t30-,50-/m0/s1. The number of esters is 1. The number of quaternary nitrogens is 1. The summed E-state index contributed by atoms with van der Waals surface area (Å²) < 4.78 is 28.1. The molecular weight excluding hydrogens is 894 g/mol. The maximum Gasteiger partial charge on any atom is 0.343 e. The quantitative estimate of drug-likeness (QED) is 0.0505. The Morgan fingerprint density at radius 3 is 2.52 bits per heavy atom. The smallest absolute Gasteiger partial charge is 0.343 e. The first kappa shape index (κ1) is 48.1. The number of methoxy groups -OCH3 is 1. The van der Waals surface area contributed by atoms with Crippen LogP contribution < -0.4 is 20.9 Å². The number of halogens is 1. The van der Waals surface area contributed by atoms with Crippen LogP contribution in [-0.4, -0.2) is 97.9 Å². The summed E-state index contributed by atoms with van der Waals surface area (Å²) in [5.74, 6) is -1.69. The molecule has 67 heavy (non-hydrogen) atoms. The Kier molecular flexibility index (Phi) is 13.9. The topological polar surface area (TPSA) is 165 Å². The lowest BCUT2D eigenvalue weighted by atomic mass is 9.86. The summed E-state index contributed by atoms with van der Waals surface area (Å²) in [6.45, 7) is 10.5. The van der Waals surface area contributed by atoms with Crippen LogP contribution in [0.5, 0.6) is 5.75 Å². The fourth-order valence-electron chi connectivity index (χ4n) is 9.43. The van der Waals surface area contributed by atoms with Crippen LogP contribution in [0.1, 0.15) is 87.6 Å². The fraction of sp³-hybridized carbons (Fsp3) is 0.440. The lowest BCUT2D eigenvalue weighted by Gasteiger charge is -2.43. The minimum Gasteiger partial charge on any atom is -0.494 e. The van der Waals surface area contributed by atoms with Gasteiger partial charge >= 0.3 is 5.97 Å². The molecule has 3 aromatic heterocycles. The number of carbonyl (C=O) groups is 3. The van der Waals surface area contributed by atoms with Crippen molar-refractivity contribution in [1.29, 1.82) is 0 Å². The third-order valence-electron chi connectivity index (χ3n) is 13.5. The molecular formula is C50H59FN7O7S2+. The van der Waals surface area contributed by atoms with Crippen molar-refractivity contribution < 1.29 is 37.8 Å². The number of cyclic esters (lactones) is 1. The molecule has 0 saturated carbocycles. The van der Waals surface area contributed by atoms with Gasteiger partial charge in [0.2, 0.25) is 11.8 Å². The lowest BCUT2D eigenvalue weighted by Crippen LogP contribution is -2.53. The van der Waals surface area contributed by atoms with Crippen molar-refractivity contribution in [2.45, 2.75) is 113 Å². The minimum atomic E-state index is -1.96. The van der Waals surface area contributed by atoms with Gasteiger partial charge in [-0.2, -0.15) is 0 Å². The summed E-state index contributed by atoms with van der Waals surface area (Å²) in [6, 6.07) is 18.1. The van der Waals surface area contributed by atoms with E-state index >= 15 is 4.39 Å². The number of hydrogen-bond donors (Lipinski definition) is 3. The summed E-state index contributed by atoms with van der Waals surface area (Å²) in [6.07, 6.45) is 4.62. The van der Waals surface area contributed by atoms with Crippen LogP contribution >= 0.6 is 21.6 Å². The number of ether oxygens (including phenoxy) is 2. The van der Waals surface area contributed by atoms with E-state index in [2.05, 4.69) is 48.5 Å². The number of anilines is 1. The molecule has 3 aliphatic rings. The van der Waals surface area contributed by atoms with Crippen molar-refractivity contribution in [2.75, 3.05) is 39.6 Å². The number of fused-ring (bicyclic) bond motifs is 5. The number of likely N-dealkylation sites (tertiary alicyclic amines) is 1. The number of hydrogen-bond acceptors (Lipinski definition) is 12. The monoisotopic (exact) mass is 952 g/mol.